The molecule has 4 nitrogen and oxygen atoms in total. The normalized spacial score (nSPS) is 19.9. The van der Waals surface area contributed by atoms with E-state index in [0.717, 1.165) is 17.7 Å². The zero-order valence-corrected chi connectivity index (χ0v) is 13.9. The van der Waals surface area contributed by atoms with E-state index in [4.69, 9.17) is 0 Å². The van der Waals surface area contributed by atoms with Gasteiger partial charge in [0.25, 0.3) is 0 Å². The number of hydrogen-bond donors (Lipinski definition) is 1. The largest absolute Gasteiger partial charge is 0.355 e. The van der Waals surface area contributed by atoms with Crippen LogP contribution in [0.3, 0.4) is 0 Å². The number of para-hydroxylation sites is 1. The number of anilines is 1. The van der Waals surface area contributed by atoms with Crippen LogP contribution < -0.4 is 10.2 Å². The summed E-state index contributed by atoms with van der Waals surface area (Å²) in [5.74, 6) is 0.795. The zero-order chi connectivity index (χ0) is 16.3. The Bertz CT molecular complexity index is 554. The van der Waals surface area contributed by atoms with E-state index in [1.807, 2.05) is 49.9 Å². The van der Waals surface area contributed by atoms with Gasteiger partial charge in [-0.2, -0.15) is 0 Å². The predicted molar refractivity (Wildman–Crippen MR) is 88.7 cm³/mol. The highest BCUT2D eigenvalue weighted by molar-refractivity contribution is 5.95. The molecule has 1 aromatic rings. The van der Waals surface area contributed by atoms with Gasteiger partial charge in [-0.15, -0.1) is 0 Å². The fourth-order valence-electron chi connectivity index (χ4n) is 2.77. The van der Waals surface area contributed by atoms with Crippen LogP contribution in [0.4, 0.5) is 5.69 Å². The number of amides is 2. The van der Waals surface area contributed by atoms with Gasteiger partial charge < -0.3 is 10.2 Å². The van der Waals surface area contributed by atoms with Crippen molar-refractivity contribution in [3.8, 4) is 0 Å². The summed E-state index contributed by atoms with van der Waals surface area (Å²) in [7, 11) is 0. The molecule has 120 valence electrons. The Kier molecular flexibility index (Phi) is 5.22. The van der Waals surface area contributed by atoms with Crippen LogP contribution in [0.1, 0.15) is 39.2 Å². The lowest BCUT2D eigenvalue weighted by Gasteiger charge is -2.28. The Morgan fingerprint density at radius 1 is 1.32 bits per heavy atom. The number of carbonyl (C=O) groups is 2. The topological polar surface area (TPSA) is 49.4 Å². The molecule has 1 saturated carbocycles. The Morgan fingerprint density at radius 2 is 1.95 bits per heavy atom. The van der Waals surface area contributed by atoms with Crippen LogP contribution in [0.2, 0.25) is 0 Å². The third-order valence-corrected chi connectivity index (χ3v) is 4.24. The second-order valence-corrected chi connectivity index (χ2v) is 6.50. The standard InChI is InChI=1S/C18H26N2O2/c1-12(2)20(16-8-6-5-7-13(16)3)17(21)9-10-19-18(22)15-11-14(15)4/h5-8,12,14-15H,9-11H2,1-4H3,(H,19,22)/t14-,15-/m0/s1. The van der Waals surface area contributed by atoms with Crippen LogP contribution in [0.15, 0.2) is 24.3 Å². The van der Waals surface area contributed by atoms with Gasteiger partial charge in [0.1, 0.15) is 0 Å². The van der Waals surface area contributed by atoms with Crippen molar-refractivity contribution in [2.75, 3.05) is 11.4 Å². The monoisotopic (exact) mass is 302 g/mol. The highest BCUT2D eigenvalue weighted by Gasteiger charge is 2.38. The molecule has 22 heavy (non-hydrogen) atoms. The van der Waals surface area contributed by atoms with E-state index in [9.17, 15) is 9.59 Å². The maximum Gasteiger partial charge on any atom is 0.229 e. The first-order chi connectivity index (χ1) is 10.4. The number of rotatable bonds is 6. The number of nitrogens with one attached hydrogen (secondary N) is 1. The lowest BCUT2D eigenvalue weighted by atomic mass is 10.1. The lowest BCUT2D eigenvalue weighted by Crippen LogP contribution is -2.39. The smallest absolute Gasteiger partial charge is 0.229 e. The van der Waals surface area contributed by atoms with Crippen molar-refractivity contribution in [1.82, 2.24) is 5.32 Å². The second-order valence-electron chi connectivity index (χ2n) is 6.50. The lowest BCUT2D eigenvalue weighted by molar-refractivity contribution is -0.122. The first-order valence-corrected chi connectivity index (χ1v) is 8.07. The number of hydrogen-bond acceptors (Lipinski definition) is 2. The molecule has 2 rings (SSSR count). The van der Waals surface area contributed by atoms with Crippen molar-refractivity contribution >= 4 is 17.5 Å². The first kappa shape index (κ1) is 16.5. The van der Waals surface area contributed by atoms with Gasteiger partial charge in [-0.25, -0.2) is 0 Å². The van der Waals surface area contributed by atoms with E-state index >= 15 is 0 Å². The van der Waals surface area contributed by atoms with Gasteiger partial charge in [-0.3, -0.25) is 9.59 Å². The van der Waals surface area contributed by atoms with Crippen LogP contribution in [-0.2, 0) is 9.59 Å². The van der Waals surface area contributed by atoms with E-state index in [0.29, 0.717) is 18.9 Å². The Morgan fingerprint density at radius 3 is 2.50 bits per heavy atom. The maximum atomic E-state index is 12.5. The average molecular weight is 302 g/mol. The van der Waals surface area contributed by atoms with E-state index in [1.54, 1.807) is 0 Å². The molecule has 0 aliphatic heterocycles. The van der Waals surface area contributed by atoms with E-state index < -0.39 is 0 Å². The van der Waals surface area contributed by atoms with Crippen LogP contribution >= 0.6 is 0 Å². The van der Waals surface area contributed by atoms with Crippen molar-refractivity contribution in [3.63, 3.8) is 0 Å². The molecule has 1 fully saturated rings. The molecule has 0 saturated heterocycles. The molecular formula is C18H26N2O2. The van der Waals surface area contributed by atoms with E-state index in [2.05, 4.69) is 12.2 Å². The molecule has 2 amide bonds. The SMILES string of the molecule is Cc1ccccc1N(C(=O)CCNC(=O)[C@H]1C[C@@H]1C)C(C)C. The quantitative estimate of drug-likeness (QED) is 0.878. The molecule has 0 spiro atoms. The molecule has 0 radical (unpaired) electrons. The average Bonchev–Trinajstić information content (AvgIpc) is 3.18. The van der Waals surface area contributed by atoms with Crippen molar-refractivity contribution in [1.29, 1.82) is 0 Å². The van der Waals surface area contributed by atoms with Crippen LogP contribution in [0, 0.1) is 18.8 Å². The summed E-state index contributed by atoms with van der Waals surface area (Å²) in [5, 5.41) is 2.88. The van der Waals surface area contributed by atoms with E-state index in [1.165, 1.54) is 0 Å². The minimum absolute atomic E-state index is 0.0495. The Hall–Kier alpha value is -1.84. The summed E-state index contributed by atoms with van der Waals surface area (Å²) in [5.41, 5.74) is 2.03. The van der Waals surface area contributed by atoms with Gasteiger partial charge in [0.2, 0.25) is 11.8 Å². The summed E-state index contributed by atoms with van der Waals surface area (Å²) >= 11 is 0. The fraction of sp³-hybridized carbons (Fsp3) is 0.556. The summed E-state index contributed by atoms with van der Waals surface area (Å²) < 4.78 is 0. The van der Waals surface area contributed by atoms with Crippen LogP contribution in [0.5, 0.6) is 0 Å². The highest BCUT2D eigenvalue weighted by atomic mass is 16.2. The minimum Gasteiger partial charge on any atom is -0.355 e. The third-order valence-electron chi connectivity index (χ3n) is 4.24. The summed E-state index contributed by atoms with van der Waals surface area (Å²) in [6, 6.07) is 7.99. The van der Waals surface area contributed by atoms with Gasteiger partial charge >= 0.3 is 0 Å². The molecule has 0 bridgehead atoms. The molecule has 0 unspecified atom stereocenters. The molecule has 1 N–H and O–H groups in total. The predicted octanol–water partition coefficient (Wildman–Crippen LogP) is 2.90. The molecule has 1 aromatic carbocycles. The van der Waals surface area contributed by atoms with Gasteiger partial charge in [-0.1, -0.05) is 25.1 Å². The van der Waals surface area contributed by atoms with Crippen molar-refractivity contribution < 1.29 is 9.59 Å². The molecule has 1 aliphatic rings. The van der Waals surface area contributed by atoms with Gasteiger partial charge in [-0.05, 0) is 44.7 Å². The third kappa shape index (κ3) is 3.87. The molecule has 4 heteroatoms. The van der Waals surface area contributed by atoms with Gasteiger partial charge in [0.15, 0.2) is 0 Å². The molecule has 0 aromatic heterocycles. The number of carbonyl (C=O) groups excluding carboxylic acids is 2. The van der Waals surface area contributed by atoms with Gasteiger partial charge in [0, 0.05) is 30.6 Å². The van der Waals surface area contributed by atoms with E-state index in [-0.39, 0.29) is 23.8 Å². The van der Waals surface area contributed by atoms with Gasteiger partial charge in [0.05, 0.1) is 0 Å². The zero-order valence-electron chi connectivity index (χ0n) is 13.9. The Balaban J connectivity index is 1.93. The summed E-state index contributed by atoms with van der Waals surface area (Å²) in [6.07, 6.45) is 1.31. The molecule has 0 heterocycles. The van der Waals surface area contributed by atoms with Crippen LogP contribution in [0.25, 0.3) is 0 Å². The second kappa shape index (κ2) is 6.95. The van der Waals surface area contributed by atoms with Crippen molar-refractivity contribution in [2.24, 2.45) is 11.8 Å². The van der Waals surface area contributed by atoms with Crippen molar-refractivity contribution in [3.05, 3.63) is 29.8 Å². The van der Waals surface area contributed by atoms with Crippen molar-refractivity contribution in [2.45, 2.75) is 46.6 Å². The fourth-order valence-corrected chi connectivity index (χ4v) is 2.77. The molecule has 2 atom stereocenters. The Labute approximate surface area is 132 Å². The van der Waals surface area contributed by atoms with Crippen LogP contribution in [-0.4, -0.2) is 24.4 Å². The number of benzene rings is 1. The minimum atomic E-state index is 0.0495. The molecular weight excluding hydrogens is 276 g/mol. The molecule has 1 aliphatic carbocycles. The number of nitrogens with zero attached hydrogens (tertiary/aromatic N) is 1. The first-order valence-electron chi connectivity index (χ1n) is 8.07. The summed E-state index contributed by atoms with van der Waals surface area (Å²) in [6.45, 7) is 8.52. The maximum absolute atomic E-state index is 12.5. The summed E-state index contributed by atoms with van der Waals surface area (Å²) in [4.78, 5) is 26.2. The highest BCUT2D eigenvalue weighted by Crippen LogP contribution is 2.37. The number of aryl methyl sites for hydroxylation is 1.